The van der Waals surface area contributed by atoms with Crippen molar-refractivity contribution in [1.82, 2.24) is 4.90 Å². The lowest BCUT2D eigenvalue weighted by molar-refractivity contribution is -0.132. The average molecular weight is 297 g/mol. The maximum atomic E-state index is 13.1. The highest BCUT2D eigenvalue weighted by atomic mass is 19.2. The second-order valence-electron chi connectivity index (χ2n) is 6.33. The Balaban J connectivity index is 2.61. The summed E-state index contributed by atoms with van der Waals surface area (Å²) < 4.78 is 26.0. The summed E-state index contributed by atoms with van der Waals surface area (Å²) in [5.41, 5.74) is 0.649. The van der Waals surface area contributed by atoms with Crippen molar-refractivity contribution < 1.29 is 13.6 Å². The quantitative estimate of drug-likeness (QED) is 0.744. The van der Waals surface area contributed by atoms with Crippen LogP contribution in [0.25, 0.3) is 0 Å². The molecule has 0 aliphatic heterocycles. The van der Waals surface area contributed by atoms with Crippen LogP contribution in [-0.4, -0.2) is 23.9 Å². The predicted octanol–water partition coefficient (Wildman–Crippen LogP) is 4.04. The fraction of sp³-hybridized carbons (Fsp3) is 0.588. The number of halogens is 2. The molecule has 0 saturated carbocycles. The summed E-state index contributed by atoms with van der Waals surface area (Å²) in [5.74, 6) is -0.818. The number of carbonyl (C=O) groups excluding carboxylic acids is 1. The van der Waals surface area contributed by atoms with Crippen molar-refractivity contribution in [3.05, 3.63) is 35.4 Å². The van der Waals surface area contributed by atoms with Crippen molar-refractivity contribution in [2.45, 2.75) is 40.5 Å². The number of nitrogens with zero attached hydrogens (tertiary/aromatic N) is 1. The molecule has 4 heteroatoms. The van der Waals surface area contributed by atoms with E-state index in [9.17, 15) is 13.6 Å². The molecule has 118 valence electrons. The van der Waals surface area contributed by atoms with Crippen molar-refractivity contribution in [1.29, 1.82) is 0 Å². The highest BCUT2D eigenvalue weighted by molar-refractivity contribution is 5.76. The van der Waals surface area contributed by atoms with E-state index in [2.05, 4.69) is 27.7 Å². The van der Waals surface area contributed by atoms with Gasteiger partial charge in [-0.25, -0.2) is 8.78 Å². The van der Waals surface area contributed by atoms with Crippen LogP contribution in [0.4, 0.5) is 8.78 Å². The molecule has 0 fully saturated rings. The Labute approximate surface area is 126 Å². The predicted molar refractivity (Wildman–Crippen MR) is 80.9 cm³/mol. The maximum Gasteiger partial charge on any atom is 0.222 e. The van der Waals surface area contributed by atoms with E-state index in [1.807, 2.05) is 4.90 Å². The molecule has 0 aromatic heterocycles. The van der Waals surface area contributed by atoms with Crippen LogP contribution in [0.15, 0.2) is 18.2 Å². The van der Waals surface area contributed by atoms with Gasteiger partial charge in [0.2, 0.25) is 5.91 Å². The molecule has 1 aromatic carbocycles. The van der Waals surface area contributed by atoms with Crippen LogP contribution >= 0.6 is 0 Å². The monoisotopic (exact) mass is 297 g/mol. The van der Waals surface area contributed by atoms with Crippen molar-refractivity contribution in [3.8, 4) is 0 Å². The lowest BCUT2D eigenvalue weighted by atomic mass is 10.1. The molecule has 0 heterocycles. The first-order valence-electron chi connectivity index (χ1n) is 7.51. The molecule has 0 aliphatic rings. The van der Waals surface area contributed by atoms with Crippen LogP contribution in [-0.2, 0) is 11.2 Å². The SMILES string of the molecule is CC(C)CN(CC(C)C)C(=O)CCc1ccc(F)c(F)c1. The number of hydrogen-bond acceptors (Lipinski definition) is 1. The van der Waals surface area contributed by atoms with E-state index in [-0.39, 0.29) is 5.91 Å². The normalized spacial score (nSPS) is 11.2. The standard InChI is InChI=1S/C17H25F2NO/c1-12(2)10-20(11-13(3)4)17(21)8-6-14-5-7-15(18)16(19)9-14/h5,7,9,12-13H,6,8,10-11H2,1-4H3. The van der Waals surface area contributed by atoms with Crippen LogP contribution in [0.2, 0.25) is 0 Å². The van der Waals surface area contributed by atoms with E-state index in [4.69, 9.17) is 0 Å². The minimum absolute atomic E-state index is 0.0714. The third-order valence-corrected chi connectivity index (χ3v) is 3.14. The first-order chi connectivity index (χ1) is 9.79. The first kappa shape index (κ1) is 17.6. The molecule has 1 amide bonds. The molecule has 0 unspecified atom stereocenters. The Hall–Kier alpha value is -1.45. The van der Waals surface area contributed by atoms with Gasteiger partial charge >= 0.3 is 0 Å². The van der Waals surface area contributed by atoms with Crippen molar-refractivity contribution in [2.75, 3.05) is 13.1 Å². The second kappa shape index (κ2) is 8.11. The Morgan fingerprint density at radius 3 is 2.10 bits per heavy atom. The van der Waals surface area contributed by atoms with E-state index in [1.54, 1.807) is 0 Å². The number of benzene rings is 1. The lowest BCUT2D eigenvalue weighted by Gasteiger charge is -2.26. The van der Waals surface area contributed by atoms with Gasteiger partial charge in [-0.3, -0.25) is 4.79 Å². The molecule has 1 rings (SSSR count). The Kier molecular flexibility index (Phi) is 6.79. The third kappa shape index (κ3) is 6.23. The van der Waals surface area contributed by atoms with Gasteiger partial charge in [0, 0.05) is 19.5 Å². The van der Waals surface area contributed by atoms with E-state index in [0.29, 0.717) is 30.2 Å². The van der Waals surface area contributed by atoms with Gasteiger partial charge in [-0.2, -0.15) is 0 Å². The Bertz CT molecular complexity index is 462. The summed E-state index contributed by atoms with van der Waals surface area (Å²) >= 11 is 0. The van der Waals surface area contributed by atoms with Crippen molar-refractivity contribution in [2.24, 2.45) is 11.8 Å². The lowest BCUT2D eigenvalue weighted by Crippen LogP contribution is -2.37. The highest BCUT2D eigenvalue weighted by Gasteiger charge is 2.16. The third-order valence-electron chi connectivity index (χ3n) is 3.14. The van der Waals surface area contributed by atoms with Gasteiger partial charge in [-0.15, -0.1) is 0 Å². The van der Waals surface area contributed by atoms with Gasteiger partial charge in [-0.1, -0.05) is 33.8 Å². The zero-order chi connectivity index (χ0) is 16.0. The fourth-order valence-corrected chi connectivity index (χ4v) is 2.26. The number of rotatable bonds is 7. The number of amides is 1. The highest BCUT2D eigenvalue weighted by Crippen LogP contribution is 2.12. The molecular formula is C17H25F2NO. The van der Waals surface area contributed by atoms with E-state index in [0.717, 1.165) is 25.2 Å². The smallest absolute Gasteiger partial charge is 0.222 e. The summed E-state index contributed by atoms with van der Waals surface area (Å²) in [4.78, 5) is 14.2. The molecule has 1 aromatic rings. The molecule has 0 aliphatic carbocycles. The minimum Gasteiger partial charge on any atom is -0.342 e. The van der Waals surface area contributed by atoms with Gasteiger partial charge < -0.3 is 4.90 Å². The van der Waals surface area contributed by atoms with Gasteiger partial charge in [0.1, 0.15) is 0 Å². The summed E-state index contributed by atoms with van der Waals surface area (Å²) in [6.07, 6.45) is 0.757. The largest absolute Gasteiger partial charge is 0.342 e. The topological polar surface area (TPSA) is 20.3 Å². The Morgan fingerprint density at radius 2 is 1.62 bits per heavy atom. The molecule has 21 heavy (non-hydrogen) atoms. The van der Waals surface area contributed by atoms with Gasteiger partial charge in [0.15, 0.2) is 11.6 Å². The second-order valence-corrected chi connectivity index (χ2v) is 6.33. The molecular weight excluding hydrogens is 272 g/mol. The summed E-state index contributed by atoms with van der Waals surface area (Å²) in [6.45, 7) is 9.78. The first-order valence-corrected chi connectivity index (χ1v) is 7.51. The summed E-state index contributed by atoms with van der Waals surface area (Å²) in [6, 6.07) is 3.80. The number of carbonyl (C=O) groups is 1. The fourth-order valence-electron chi connectivity index (χ4n) is 2.26. The van der Waals surface area contributed by atoms with Gasteiger partial charge in [0.25, 0.3) is 0 Å². The molecule has 0 spiro atoms. The van der Waals surface area contributed by atoms with Crippen LogP contribution in [0, 0.1) is 23.5 Å². The number of hydrogen-bond donors (Lipinski definition) is 0. The van der Waals surface area contributed by atoms with Gasteiger partial charge in [-0.05, 0) is 36.0 Å². The van der Waals surface area contributed by atoms with Crippen LogP contribution in [0.3, 0.4) is 0 Å². The zero-order valence-electron chi connectivity index (χ0n) is 13.3. The molecule has 0 N–H and O–H groups in total. The summed E-state index contributed by atoms with van der Waals surface area (Å²) in [5, 5.41) is 0. The molecule has 0 radical (unpaired) electrons. The Morgan fingerprint density at radius 1 is 1.05 bits per heavy atom. The molecule has 2 nitrogen and oxygen atoms in total. The number of aryl methyl sites for hydroxylation is 1. The van der Waals surface area contributed by atoms with Crippen molar-refractivity contribution in [3.63, 3.8) is 0 Å². The van der Waals surface area contributed by atoms with Crippen LogP contribution < -0.4 is 0 Å². The maximum absolute atomic E-state index is 13.1. The zero-order valence-corrected chi connectivity index (χ0v) is 13.3. The van der Waals surface area contributed by atoms with Crippen LogP contribution in [0.1, 0.15) is 39.7 Å². The van der Waals surface area contributed by atoms with Gasteiger partial charge in [0.05, 0.1) is 0 Å². The van der Waals surface area contributed by atoms with E-state index < -0.39 is 11.6 Å². The van der Waals surface area contributed by atoms with Crippen LogP contribution in [0.5, 0.6) is 0 Å². The molecule has 0 saturated heterocycles. The molecule has 0 bridgehead atoms. The molecule has 0 atom stereocenters. The van der Waals surface area contributed by atoms with E-state index >= 15 is 0 Å². The minimum atomic E-state index is -0.860. The average Bonchev–Trinajstić information content (AvgIpc) is 2.38. The summed E-state index contributed by atoms with van der Waals surface area (Å²) in [7, 11) is 0. The van der Waals surface area contributed by atoms with E-state index in [1.165, 1.54) is 6.07 Å². The van der Waals surface area contributed by atoms with Crippen molar-refractivity contribution >= 4 is 5.91 Å².